The van der Waals surface area contributed by atoms with Crippen LogP contribution in [0, 0.1) is 0 Å². The number of sulfone groups is 1. The van der Waals surface area contributed by atoms with Crippen molar-refractivity contribution in [2.75, 3.05) is 0 Å². The third kappa shape index (κ3) is 5.64. The molecule has 9 heteroatoms. The molecule has 0 aromatic heterocycles. The Morgan fingerprint density at radius 3 is 1.12 bits per heavy atom. The molecule has 0 aliphatic rings. The first kappa shape index (κ1) is 22.6. The van der Waals surface area contributed by atoms with Crippen LogP contribution in [0.25, 0.3) is 0 Å². The normalized spacial score (nSPS) is 15.6. The highest BCUT2D eigenvalue weighted by atomic mass is 80.0. The van der Waals surface area contributed by atoms with Gasteiger partial charge in [-0.25, -0.2) is 8.42 Å². The second-order valence-electron chi connectivity index (χ2n) is 5.25. The Morgan fingerprint density at radius 1 is 0.600 bits per heavy atom. The first-order valence-electron chi connectivity index (χ1n) is 6.91. The fraction of sp³-hybridized carbons (Fsp3) is 0.250. The van der Waals surface area contributed by atoms with Crippen molar-refractivity contribution in [3.8, 4) is 0 Å². The van der Waals surface area contributed by atoms with Crippen molar-refractivity contribution in [2.45, 2.75) is 14.8 Å². The Labute approximate surface area is 198 Å². The minimum absolute atomic E-state index is 0.658. The zero-order chi connectivity index (χ0) is 18.9. The molecule has 2 unspecified atom stereocenters. The van der Waals surface area contributed by atoms with Gasteiger partial charge in [-0.2, -0.15) is 0 Å². The Bertz CT molecular complexity index is 735. The van der Waals surface area contributed by atoms with Crippen molar-refractivity contribution in [1.29, 1.82) is 0 Å². The van der Waals surface area contributed by atoms with Gasteiger partial charge in [0.1, 0.15) is 10.5 Å². The van der Waals surface area contributed by atoms with E-state index in [9.17, 15) is 8.42 Å². The van der Waals surface area contributed by atoms with Gasteiger partial charge in [-0.15, -0.1) is 0 Å². The van der Waals surface area contributed by atoms with Crippen LogP contribution in [0.1, 0.15) is 21.6 Å². The Balaban J connectivity index is 2.69. The minimum atomic E-state index is -3.77. The molecule has 2 rings (SSSR count). The minimum Gasteiger partial charge on any atom is -0.227 e. The monoisotopic (exact) mass is 742 g/mol. The van der Waals surface area contributed by atoms with E-state index in [1.54, 1.807) is 24.3 Å². The molecule has 0 saturated heterocycles. The maximum atomic E-state index is 13.7. The van der Waals surface area contributed by atoms with E-state index in [1.165, 1.54) is 0 Å². The van der Waals surface area contributed by atoms with Gasteiger partial charge in [-0.3, -0.25) is 0 Å². The van der Waals surface area contributed by atoms with Gasteiger partial charge in [-0.05, 0) is 11.1 Å². The van der Waals surface area contributed by atoms with Gasteiger partial charge in [0.15, 0.2) is 14.1 Å². The van der Waals surface area contributed by atoms with Gasteiger partial charge in [0, 0.05) is 0 Å². The van der Waals surface area contributed by atoms with Crippen LogP contribution >= 0.6 is 95.6 Å². The fourth-order valence-electron chi connectivity index (χ4n) is 2.52. The predicted molar refractivity (Wildman–Crippen MR) is 126 cm³/mol. The predicted octanol–water partition coefficient (Wildman–Crippen LogP) is 7.56. The molecular formula is C16H12Br6O2S. The number of halogens is 6. The lowest BCUT2D eigenvalue weighted by molar-refractivity contribution is 0.573. The zero-order valence-corrected chi connectivity index (χ0v) is 22.8. The third-order valence-corrected chi connectivity index (χ3v) is 10.6. The lowest BCUT2D eigenvalue weighted by Gasteiger charge is -2.33. The topological polar surface area (TPSA) is 34.1 Å². The van der Waals surface area contributed by atoms with Crippen LogP contribution in [-0.2, 0) is 9.84 Å². The lowest BCUT2D eigenvalue weighted by Crippen LogP contribution is -2.34. The van der Waals surface area contributed by atoms with Gasteiger partial charge < -0.3 is 0 Å². The Kier molecular flexibility index (Phi) is 7.89. The molecule has 2 nitrogen and oxygen atoms in total. The third-order valence-electron chi connectivity index (χ3n) is 3.46. The number of rotatable bonds is 4. The van der Waals surface area contributed by atoms with E-state index in [4.69, 9.17) is 0 Å². The van der Waals surface area contributed by atoms with Crippen LogP contribution in [0.15, 0.2) is 60.7 Å². The van der Waals surface area contributed by atoms with Crippen molar-refractivity contribution in [3.63, 3.8) is 0 Å². The van der Waals surface area contributed by atoms with E-state index < -0.39 is 24.6 Å². The molecule has 2 aromatic carbocycles. The summed E-state index contributed by atoms with van der Waals surface area (Å²) in [6.07, 6.45) is 0. The van der Waals surface area contributed by atoms with Crippen LogP contribution < -0.4 is 0 Å². The summed E-state index contributed by atoms with van der Waals surface area (Å²) in [5.74, 6) is 0. The van der Waals surface area contributed by atoms with Gasteiger partial charge in [0.25, 0.3) is 0 Å². The summed E-state index contributed by atoms with van der Waals surface area (Å²) in [5, 5.41) is -1.81. The summed E-state index contributed by atoms with van der Waals surface area (Å²) in [6.45, 7) is 0. The number of benzene rings is 2. The van der Waals surface area contributed by atoms with Crippen molar-refractivity contribution in [2.24, 2.45) is 0 Å². The SMILES string of the molecule is O=S(=O)(C(c1ccccc1)C(Br)(Br)Br)C(c1ccccc1)C(Br)(Br)Br. The lowest BCUT2D eigenvalue weighted by atomic mass is 10.2. The number of hydrogen-bond donors (Lipinski definition) is 0. The van der Waals surface area contributed by atoms with Crippen LogP contribution in [0.2, 0.25) is 0 Å². The van der Waals surface area contributed by atoms with Crippen molar-refractivity contribution in [3.05, 3.63) is 71.8 Å². The summed E-state index contributed by atoms with van der Waals surface area (Å²) in [4.78, 5) is 0. The second kappa shape index (κ2) is 8.74. The highest BCUT2D eigenvalue weighted by Gasteiger charge is 2.52. The van der Waals surface area contributed by atoms with Crippen molar-refractivity contribution in [1.82, 2.24) is 0 Å². The van der Waals surface area contributed by atoms with E-state index in [0.29, 0.717) is 11.1 Å². The molecule has 0 spiro atoms. The molecule has 2 aromatic rings. The molecule has 0 radical (unpaired) electrons. The first-order chi connectivity index (χ1) is 11.5. The number of hydrogen-bond acceptors (Lipinski definition) is 2. The van der Waals surface area contributed by atoms with E-state index in [1.807, 2.05) is 36.4 Å². The molecule has 0 heterocycles. The Hall–Kier alpha value is 1.27. The first-order valence-corrected chi connectivity index (χ1v) is 13.3. The van der Waals surface area contributed by atoms with Gasteiger partial charge in [0.05, 0.1) is 0 Å². The summed E-state index contributed by atoms with van der Waals surface area (Å²) in [5.41, 5.74) is 1.32. The van der Waals surface area contributed by atoms with Gasteiger partial charge in [0.2, 0.25) is 0 Å². The maximum Gasteiger partial charge on any atom is 0.170 e. The Morgan fingerprint density at radius 2 is 0.880 bits per heavy atom. The average molecular weight is 748 g/mol. The van der Waals surface area contributed by atoms with Crippen LogP contribution in [-0.4, -0.2) is 12.7 Å². The summed E-state index contributed by atoms with van der Waals surface area (Å²) < 4.78 is 25.4. The van der Waals surface area contributed by atoms with Crippen molar-refractivity contribution < 1.29 is 8.42 Å². The van der Waals surface area contributed by atoms with E-state index in [0.717, 1.165) is 0 Å². The quantitative estimate of drug-likeness (QED) is 0.303. The molecule has 0 saturated carbocycles. The molecule has 0 aliphatic carbocycles. The summed E-state index contributed by atoms with van der Waals surface area (Å²) >= 11 is 20.6. The molecule has 25 heavy (non-hydrogen) atoms. The van der Waals surface area contributed by atoms with Crippen LogP contribution in [0.3, 0.4) is 0 Å². The van der Waals surface area contributed by atoms with E-state index in [2.05, 4.69) is 95.6 Å². The summed E-state index contributed by atoms with van der Waals surface area (Å²) in [6, 6.07) is 18.1. The fourth-order valence-corrected chi connectivity index (χ4v) is 10.9. The standard InChI is InChI=1S/C16H12Br6O2S/c17-15(18,19)13(11-7-3-1-4-8-11)25(23,24)14(16(20,21)22)12-9-5-2-6-10-12/h1-10,13-14H. The maximum absolute atomic E-state index is 13.7. The highest BCUT2D eigenvalue weighted by molar-refractivity contribution is 9.40. The average Bonchev–Trinajstić information content (AvgIpc) is 2.45. The van der Waals surface area contributed by atoms with Gasteiger partial charge >= 0.3 is 0 Å². The molecule has 0 N–H and O–H groups in total. The zero-order valence-electron chi connectivity index (χ0n) is 12.4. The molecule has 2 atom stereocenters. The molecule has 136 valence electrons. The molecule has 0 bridgehead atoms. The second-order valence-corrected chi connectivity index (χ2v) is 21.3. The highest BCUT2D eigenvalue weighted by Crippen LogP contribution is 2.58. The van der Waals surface area contributed by atoms with Gasteiger partial charge in [-0.1, -0.05) is 156 Å². The van der Waals surface area contributed by atoms with E-state index >= 15 is 0 Å². The number of alkyl halides is 6. The smallest absolute Gasteiger partial charge is 0.170 e. The van der Waals surface area contributed by atoms with Crippen LogP contribution in [0.4, 0.5) is 0 Å². The largest absolute Gasteiger partial charge is 0.227 e. The molecule has 0 fully saturated rings. The molecular weight excluding hydrogens is 736 g/mol. The molecule has 0 amide bonds. The van der Waals surface area contributed by atoms with Crippen molar-refractivity contribution >= 4 is 105 Å². The van der Waals surface area contributed by atoms with Crippen LogP contribution in [0.5, 0.6) is 0 Å². The van der Waals surface area contributed by atoms with E-state index in [-0.39, 0.29) is 0 Å². The molecule has 0 aliphatic heterocycles. The summed E-state index contributed by atoms with van der Waals surface area (Å²) in [7, 11) is -3.77.